The minimum atomic E-state index is -4.02. The zero-order chi connectivity index (χ0) is 16.7. The van der Waals surface area contributed by atoms with E-state index in [1.807, 2.05) is 0 Å². The van der Waals surface area contributed by atoms with Gasteiger partial charge in [-0.15, -0.1) is 12.4 Å². The summed E-state index contributed by atoms with van der Waals surface area (Å²) in [5.41, 5.74) is 5.90. The number of nitrogens with one attached hydrogen (secondary N) is 1. The highest BCUT2D eigenvalue weighted by Crippen LogP contribution is 2.40. The Labute approximate surface area is 142 Å². The van der Waals surface area contributed by atoms with E-state index in [1.54, 1.807) is 20.8 Å². The molecule has 1 aliphatic rings. The molecule has 0 saturated heterocycles. The largest absolute Gasteiger partial charge is 0.329 e. The molecular formula is C14H22ClN3O4S. The molecule has 1 atom stereocenters. The molecule has 0 bridgehead atoms. The first kappa shape index (κ1) is 19.8. The van der Waals surface area contributed by atoms with E-state index in [0.717, 1.165) is 12.8 Å². The molecule has 3 N–H and O–H groups in total. The minimum absolute atomic E-state index is 0. The highest BCUT2D eigenvalue weighted by Gasteiger charge is 2.44. The second-order valence-corrected chi connectivity index (χ2v) is 7.81. The number of nitrogens with two attached hydrogens (primary N) is 1. The van der Waals surface area contributed by atoms with Crippen molar-refractivity contribution in [3.05, 3.63) is 33.4 Å². The molecule has 7 nitrogen and oxygen atoms in total. The fraction of sp³-hybridized carbons (Fsp3) is 0.571. The van der Waals surface area contributed by atoms with Crippen molar-refractivity contribution in [2.45, 2.75) is 44.0 Å². The number of sulfonamides is 1. The smallest absolute Gasteiger partial charge is 0.289 e. The van der Waals surface area contributed by atoms with Crippen LogP contribution < -0.4 is 10.5 Å². The van der Waals surface area contributed by atoms with Crippen LogP contribution in [0.1, 0.15) is 30.9 Å². The van der Waals surface area contributed by atoms with Crippen LogP contribution in [0.4, 0.5) is 5.69 Å². The summed E-state index contributed by atoms with van der Waals surface area (Å²) in [6.07, 6.45) is 1.82. The molecule has 1 aromatic carbocycles. The lowest BCUT2D eigenvalue weighted by Gasteiger charge is -2.29. The first-order valence-electron chi connectivity index (χ1n) is 7.10. The Morgan fingerprint density at radius 1 is 1.35 bits per heavy atom. The molecule has 1 saturated carbocycles. The molecule has 0 heterocycles. The quantitative estimate of drug-likeness (QED) is 0.592. The van der Waals surface area contributed by atoms with Gasteiger partial charge in [-0.1, -0.05) is 0 Å². The molecule has 0 spiro atoms. The summed E-state index contributed by atoms with van der Waals surface area (Å²) >= 11 is 0. The lowest BCUT2D eigenvalue weighted by molar-refractivity contribution is -0.387. The summed E-state index contributed by atoms with van der Waals surface area (Å²) in [4.78, 5) is 10.2. The highest BCUT2D eigenvalue weighted by atomic mass is 35.5. The van der Waals surface area contributed by atoms with Crippen LogP contribution in [0, 0.1) is 29.9 Å². The molecule has 1 aliphatic carbocycles. The summed E-state index contributed by atoms with van der Waals surface area (Å²) in [5.74, 6) is 0.179. The van der Waals surface area contributed by atoms with E-state index in [1.165, 1.54) is 12.1 Å². The van der Waals surface area contributed by atoms with Gasteiger partial charge in [-0.05, 0) is 56.7 Å². The van der Waals surface area contributed by atoms with Crippen molar-refractivity contribution in [2.24, 2.45) is 11.7 Å². The van der Waals surface area contributed by atoms with Gasteiger partial charge in [-0.2, -0.15) is 0 Å². The number of hydrogen-bond donors (Lipinski definition) is 2. The van der Waals surface area contributed by atoms with Crippen LogP contribution in [0.15, 0.2) is 17.0 Å². The van der Waals surface area contributed by atoms with E-state index in [9.17, 15) is 18.5 Å². The van der Waals surface area contributed by atoms with Gasteiger partial charge >= 0.3 is 0 Å². The third-order valence-electron chi connectivity index (χ3n) is 4.33. The average Bonchev–Trinajstić information content (AvgIpc) is 3.25. The second-order valence-electron chi connectivity index (χ2n) is 6.16. The summed E-state index contributed by atoms with van der Waals surface area (Å²) < 4.78 is 27.9. The van der Waals surface area contributed by atoms with Gasteiger partial charge in [0.2, 0.25) is 10.0 Å². The van der Waals surface area contributed by atoms with E-state index in [2.05, 4.69) is 4.72 Å². The van der Waals surface area contributed by atoms with Gasteiger partial charge in [-0.3, -0.25) is 10.1 Å². The minimum Gasteiger partial charge on any atom is -0.329 e. The van der Waals surface area contributed by atoms with Crippen molar-refractivity contribution >= 4 is 28.1 Å². The van der Waals surface area contributed by atoms with Crippen molar-refractivity contribution in [1.29, 1.82) is 0 Å². The lowest BCUT2D eigenvalue weighted by Crippen LogP contribution is -2.53. The van der Waals surface area contributed by atoms with Gasteiger partial charge in [-0.25, -0.2) is 13.1 Å². The Morgan fingerprint density at radius 3 is 2.30 bits per heavy atom. The maximum Gasteiger partial charge on any atom is 0.289 e. The van der Waals surface area contributed by atoms with Gasteiger partial charge in [0.05, 0.1) is 4.92 Å². The van der Waals surface area contributed by atoms with Gasteiger partial charge < -0.3 is 5.73 Å². The Hall–Kier alpha value is -1.22. The van der Waals surface area contributed by atoms with Gasteiger partial charge in [0.25, 0.3) is 5.69 Å². The fourth-order valence-electron chi connectivity index (χ4n) is 2.51. The van der Waals surface area contributed by atoms with Crippen LogP contribution in [0.3, 0.4) is 0 Å². The maximum atomic E-state index is 12.7. The van der Waals surface area contributed by atoms with Crippen molar-refractivity contribution in [2.75, 3.05) is 6.54 Å². The number of halogens is 1. The second kappa shape index (κ2) is 6.72. The van der Waals surface area contributed by atoms with Crippen LogP contribution in [-0.4, -0.2) is 25.4 Å². The van der Waals surface area contributed by atoms with E-state index in [4.69, 9.17) is 5.73 Å². The average molecular weight is 364 g/mol. The lowest BCUT2D eigenvalue weighted by atomic mass is 9.98. The molecule has 1 unspecified atom stereocenters. The summed E-state index contributed by atoms with van der Waals surface area (Å²) in [5, 5.41) is 11.2. The standard InChI is InChI=1S/C14H21N3O4S.ClH/c1-9-6-12(17(18)19)13(7-10(9)2)22(20,21)16-14(3,8-15)11-4-5-11;/h6-7,11,16H,4-5,8,15H2,1-3H3;1H. The maximum absolute atomic E-state index is 12.7. The zero-order valence-corrected chi connectivity index (χ0v) is 15.0. The number of nitro groups is 1. The van der Waals surface area contributed by atoms with Gasteiger partial charge in [0, 0.05) is 18.2 Å². The zero-order valence-electron chi connectivity index (χ0n) is 13.3. The third-order valence-corrected chi connectivity index (χ3v) is 5.97. The van der Waals surface area contributed by atoms with Crippen molar-refractivity contribution in [1.82, 2.24) is 4.72 Å². The van der Waals surface area contributed by atoms with Crippen molar-refractivity contribution < 1.29 is 13.3 Å². The molecule has 1 aromatic rings. The molecule has 1 fully saturated rings. The molecule has 0 aromatic heterocycles. The number of rotatable bonds is 6. The predicted molar refractivity (Wildman–Crippen MR) is 90.3 cm³/mol. The predicted octanol–water partition coefficient (Wildman–Crippen LogP) is 2.04. The van der Waals surface area contributed by atoms with Crippen LogP contribution in [0.25, 0.3) is 0 Å². The highest BCUT2D eigenvalue weighted by molar-refractivity contribution is 7.89. The normalized spacial score (nSPS) is 17.2. The number of nitro benzene ring substituents is 1. The topological polar surface area (TPSA) is 115 Å². The molecule has 0 aliphatic heterocycles. The first-order chi connectivity index (χ1) is 10.1. The Bertz CT molecular complexity index is 719. The van der Waals surface area contributed by atoms with Crippen LogP contribution in [0.5, 0.6) is 0 Å². The monoisotopic (exact) mass is 363 g/mol. The molecule has 0 radical (unpaired) electrons. The number of hydrogen-bond acceptors (Lipinski definition) is 5. The summed E-state index contributed by atoms with van der Waals surface area (Å²) in [6.45, 7) is 5.33. The number of nitrogens with zero attached hydrogens (tertiary/aromatic N) is 1. The Morgan fingerprint density at radius 2 is 1.87 bits per heavy atom. The first-order valence-corrected chi connectivity index (χ1v) is 8.59. The van der Waals surface area contributed by atoms with Gasteiger partial charge in [0.1, 0.15) is 0 Å². The van der Waals surface area contributed by atoms with Crippen LogP contribution in [-0.2, 0) is 10.0 Å². The summed E-state index contributed by atoms with van der Waals surface area (Å²) in [7, 11) is -4.02. The van der Waals surface area contributed by atoms with E-state index >= 15 is 0 Å². The Kier molecular flexibility index (Phi) is 5.79. The van der Waals surface area contributed by atoms with Crippen molar-refractivity contribution in [3.8, 4) is 0 Å². The van der Waals surface area contributed by atoms with E-state index in [-0.39, 0.29) is 29.8 Å². The molecule has 130 valence electrons. The Balaban J connectivity index is 0.00000264. The van der Waals surface area contributed by atoms with Crippen LogP contribution >= 0.6 is 12.4 Å². The molecule has 9 heteroatoms. The third kappa shape index (κ3) is 4.00. The number of aryl methyl sites for hydroxylation is 2. The molecule has 0 amide bonds. The number of benzene rings is 1. The van der Waals surface area contributed by atoms with Gasteiger partial charge in [0.15, 0.2) is 4.90 Å². The SMILES string of the molecule is Cc1cc([N+](=O)[O-])c(S(=O)(=O)NC(C)(CN)C2CC2)cc1C.Cl. The van der Waals surface area contributed by atoms with Crippen LogP contribution in [0.2, 0.25) is 0 Å². The molecule has 2 rings (SSSR count). The molecule has 23 heavy (non-hydrogen) atoms. The van der Waals surface area contributed by atoms with E-state index in [0.29, 0.717) is 11.1 Å². The van der Waals surface area contributed by atoms with E-state index < -0.39 is 26.2 Å². The fourth-order valence-corrected chi connectivity index (χ4v) is 4.22. The summed E-state index contributed by atoms with van der Waals surface area (Å²) in [6, 6.07) is 2.64. The molecular weight excluding hydrogens is 342 g/mol. The van der Waals surface area contributed by atoms with Crippen molar-refractivity contribution in [3.63, 3.8) is 0 Å².